The lowest BCUT2D eigenvalue weighted by Gasteiger charge is -2.27. The molecule has 302 valence electrons. The van der Waals surface area contributed by atoms with Gasteiger partial charge in [-0.1, -0.05) is 6.92 Å². The molecule has 0 amide bonds. The van der Waals surface area contributed by atoms with E-state index >= 15 is 8.78 Å². The van der Waals surface area contributed by atoms with Gasteiger partial charge in [-0.2, -0.15) is 0 Å². The number of fused-ring (bicyclic) bond motifs is 2. The van der Waals surface area contributed by atoms with Gasteiger partial charge in [0.05, 0.1) is 37.4 Å². The summed E-state index contributed by atoms with van der Waals surface area (Å²) < 4.78 is 101. The average molecular weight is 837 g/mol. The van der Waals surface area contributed by atoms with E-state index in [4.69, 9.17) is 44.0 Å². The Kier molecular flexibility index (Phi) is 12.1. The number of methoxy groups -OCH3 is 1. The zero-order valence-electron chi connectivity index (χ0n) is 30.1. The van der Waals surface area contributed by atoms with Gasteiger partial charge in [0.15, 0.2) is 47.7 Å². The number of carbonyl (C=O) groups excluding carboxylic acids is 1. The molecule has 2 unspecified atom stereocenters. The van der Waals surface area contributed by atoms with Crippen LogP contribution in [0.5, 0.6) is 0 Å². The summed E-state index contributed by atoms with van der Waals surface area (Å²) in [4.78, 5) is 47.1. The van der Waals surface area contributed by atoms with Crippen LogP contribution in [-0.4, -0.2) is 113 Å². The van der Waals surface area contributed by atoms with E-state index < -0.39 is 100 Å². The summed E-state index contributed by atoms with van der Waals surface area (Å²) in [5, 5.41) is 0. The van der Waals surface area contributed by atoms with Crippen LogP contribution < -0.4 is 11.5 Å². The molecule has 6 heterocycles. The molecule has 2 aliphatic heterocycles. The van der Waals surface area contributed by atoms with Crippen LogP contribution in [0.4, 0.5) is 20.4 Å². The Morgan fingerprint density at radius 1 is 0.909 bits per heavy atom. The number of hydrogen-bond acceptors (Lipinski definition) is 19. The lowest BCUT2D eigenvalue weighted by Crippen LogP contribution is -2.34. The molecule has 4 aromatic rings. The smallest absolute Gasteiger partial charge is 0.392 e. The predicted octanol–water partition coefficient (Wildman–Crippen LogP) is 3.53. The SMILES string of the molecule is COCP(=O)(O)OC[C@H]1O[C@@H](n2cnc3c(N)ncnc32)[C@H](F)[C@@H]1OP(=O)(OC[C@H]1O[C@@H](n2cnc3c(N)ncnc32)[C@H](F)[C@@H]1C)SCOC(=O)C(C)(C)C. The fourth-order valence-electron chi connectivity index (χ4n) is 5.71. The molecule has 5 N–H and O–H groups in total. The molecule has 10 atom stereocenters. The highest BCUT2D eigenvalue weighted by Gasteiger charge is 2.52. The maximum atomic E-state index is 16.7. The number of esters is 1. The van der Waals surface area contributed by atoms with Crippen LogP contribution in [0.3, 0.4) is 0 Å². The average Bonchev–Trinajstić information content (AvgIpc) is 3.88. The van der Waals surface area contributed by atoms with Crippen molar-refractivity contribution >= 4 is 65.7 Å². The van der Waals surface area contributed by atoms with Gasteiger partial charge < -0.3 is 39.8 Å². The van der Waals surface area contributed by atoms with Crippen LogP contribution in [0.25, 0.3) is 22.3 Å². The standard InChI is InChI=1S/C29H40F2N10O11P2S/c1-14-15(50-26(17(14)30)40-10-38-19-22(32)34-8-36-24(19)40)6-49-54(45,55-13-47-28(42)29(2,3)4)52-21-16(7-48-53(43,44)12-46-5)51-27(18(21)31)41-11-39-20-23(33)35-9-37-25(20)41/h8-11,14-18,21,26-27H,6-7,12-13H2,1-5H3,(H,43,44)(H2,32,34,36)(H2,33,35,37)/t14-,15-,16-,17-,18-,21-,26-,27-,54?/m1/s1. The molecule has 55 heavy (non-hydrogen) atoms. The molecule has 21 nitrogen and oxygen atoms in total. The number of aromatic nitrogens is 8. The highest BCUT2D eigenvalue weighted by Crippen LogP contribution is 2.63. The second-order valence-electron chi connectivity index (χ2n) is 13.6. The van der Waals surface area contributed by atoms with Gasteiger partial charge in [0, 0.05) is 24.4 Å². The van der Waals surface area contributed by atoms with Crippen LogP contribution in [0.1, 0.15) is 40.2 Å². The molecule has 26 heteroatoms. The van der Waals surface area contributed by atoms with E-state index in [0.29, 0.717) is 11.4 Å². The van der Waals surface area contributed by atoms with E-state index in [1.807, 2.05) is 0 Å². The monoisotopic (exact) mass is 836 g/mol. The number of nitrogens with two attached hydrogens (primary N) is 2. The molecule has 0 saturated carbocycles. The summed E-state index contributed by atoms with van der Waals surface area (Å²) in [6.07, 6.45) is -6.85. The van der Waals surface area contributed by atoms with Crippen LogP contribution in [0, 0.1) is 11.3 Å². The Balaban J connectivity index is 1.26. The number of imidazole rings is 2. The van der Waals surface area contributed by atoms with E-state index in [0.717, 1.165) is 6.33 Å². The van der Waals surface area contributed by atoms with E-state index in [1.54, 1.807) is 27.7 Å². The Morgan fingerprint density at radius 3 is 2.02 bits per heavy atom. The molecule has 2 aliphatic rings. The van der Waals surface area contributed by atoms with Gasteiger partial charge in [0.1, 0.15) is 48.2 Å². The Hall–Kier alpha value is -3.44. The van der Waals surface area contributed by atoms with Crippen molar-refractivity contribution in [2.45, 2.75) is 70.8 Å². The molecule has 0 aliphatic carbocycles. The first kappa shape index (κ1) is 41.2. The summed E-state index contributed by atoms with van der Waals surface area (Å²) in [6, 6.07) is 0. The third-order valence-corrected chi connectivity index (χ3v) is 13.1. The topological polar surface area (TPSA) is 275 Å². The number of alkyl halides is 2. The van der Waals surface area contributed by atoms with Crippen molar-refractivity contribution in [1.29, 1.82) is 0 Å². The van der Waals surface area contributed by atoms with E-state index in [1.165, 1.54) is 35.2 Å². The molecular formula is C29H40F2N10O11P2S. The molecular weight excluding hydrogens is 796 g/mol. The van der Waals surface area contributed by atoms with Crippen molar-refractivity contribution < 1.29 is 60.1 Å². The lowest BCUT2D eigenvalue weighted by molar-refractivity contribution is -0.150. The lowest BCUT2D eigenvalue weighted by atomic mass is 9.98. The van der Waals surface area contributed by atoms with Crippen LogP contribution >= 0.6 is 25.8 Å². The minimum Gasteiger partial charge on any atom is -0.454 e. The van der Waals surface area contributed by atoms with Crippen molar-refractivity contribution in [1.82, 2.24) is 39.0 Å². The highest BCUT2D eigenvalue weighted by molar-refractivity contribution is 8.55. The Labute approximate surface area is 315 Å². The highest BCUT2D eigenvalue weighted by atomic mass is 32.7. The first-order chi connectivity index (χ1) is 25.9. The van der Waals surface area contributed by atoms with Gasteiger partial charge in [-0.25, -0.2) is 43.2 Å². The fourth-order valence-corrected chi connectivity index (χ4v) is 9.28. The number of rotatable bonds is 15. The van der Waals surface area contributed by atoms with Crippen molar-refractivity contribution in [3.63, 3.8) is 0 Å². The number of halogens is 2. The molecule has 6 rings (SSSR count). The fraction of sp³-hybridized carbons (Fsp3) is 0.621. The zero-order valence-corrected chi connectivity index (χ0v) is 32.7. The zero-order chi connectivity index (χ0) is 39.9. The minimum atomic E-state index is -4.63. The van der Waals surface area contributed by atoms with Crippen LogP contribution in [0.15, 0.2) is 25.3 Å². The van der Waals surface area contributed by atoms with Crippen molar-refractivity contribution in [2.24, 2.45) is 11.3 Å². The Morgan fingerprint density at radius 2 is 1.45 bits per heavy atom. The third-order valence-electron chi connectivity index (χ3n) is 8.66. The number of anilines is 2. The van der Waals surface area contributed by atoms with Crippen molar-refractivity contribution in [3.8, 4) is 0 Å². The first-order valence-electron chi connectivity index (χ1n) is 16.6. The molecule has 2 saturated heterocycles. The summed E-state index contributed by atoms with van der Waals surface area (Å²) in [5.41, 5.74) is 11.5. The van der Waals surface area contributed by atoms with E-state index in [-0.39, 0.29) is 34.0 Å². The van der Waals surface area contributed by atoms with Gasteiger partial charge in [-0.05, 0) is 20.8 Å². The third kappa shape index (κ3) is 8.78. The second-order valence-corrected chi connectivity index (χ2v) is 19.4. The summed E-state index contributed by atoms with van der Waals surface area (Å²) in [6.45, 7) is 0.443. The number of ether oxygens (including phenoxy) is 4. The molecule has 4 aromatic heterocycles. The van der Waals surface area contributed by atoms with Crippen LogP contribution in [-0.2, 0) is 46.4 Å². The van der Waals surface area contributed by atoms with Gasteiger partial charge >= 0.3 is 20.4 Å². The van der Waals surface area contributed by atoms with Gasteiger partial charge in [-0.15, -0.1) is 0 Å². The first-order valence-corrected chi connectivity index (χ1v) is 21.5. The molecule has 2 fully saturated rings. The summed E-state index contributed by atoms with van der Waals surface area (Å²) >= 11 is 0.411. The number of hydrogen-bond donors (Lipinski definition) is 3. The molecule has 0 spiro atoms. The number of nitrogens with zero attached hydrogens (tertiary/aromatic N) is 8. The number of nitrogen functional groups attached to an aromatic ring is 2. The van der Waals surface area contributed by atoms with Gasteiger partial charge in [0.2, 0.25) is 0 Å². The largest absolute Gasteiger partial charge is 0.454 e. The van der Waals surface area contributed by atoms with Crippen molar-refractivity contribution in [3.05, 3.63) is 25.3 Å². The second kappa shape index (κ2) is 16.2. The predicted molar refractivity (Wildman–Crippen MR) is 190 cm³/mol. The Bertz CT molecular complexity index is 2110. The number of carbonyl (C=O) groups is 1. The molecule has 0 aromatic carbocycles. The molecule has 0 bridgehead atoms. The maximum Gasteiger partial charge on any atom is 0.392 e. The van der Waals surface area contributed by atoms with E-state index in [9.17, 15) is 18.8 Å². The van der Waals surface area contributed by atoms with Gasteiger partial charge in [-0.3, -0.25) is 27.5 Å². The quantitative estimate of drug-likeness (QED) is 0.0877. The maximum absolute atomic E-state index is 16.7. The minimum absolute atomic E-state index is 0.00414. The van der Waals surface area contributed by atoms with Gasteiger partial charge in [0.25, 0.3) is 0 Å². The van der Waals surface area contributed by atoms with Crippen LogP contribution in [0.2, 0.25) is 0 Å². The van der Waals surface area contributed by atoms with E-state index in [2.05, 4.69) is 29.9 Å². The summed E-state index contributed by atoms with van der Waals surface area (Å²) in [7, 11) is -3.19. The normalized spacial score (nSPS) is 28.1. The van der Waals surface area contributed by atoms with Crippen molar-refractivity contribution in [2.75, 3.05) is 44.1 Å². The molecule has 0 radical (unpaired) electrons. The summed E-state index contributed by atoms with van der Waals surface area (Å²) in [5.74, 6) is -1.98.